The molecule has 3 amide bonds. The Morgan fingerprint density at radius 1 is 1.06 bits per heavy atom. The van der Waals surface area contributed by atoms with Crippen molar-refractivity contribution in [3.05, 3.63) is 46.8 Å². The summed E-state index contributed by atoms with van der Waals surface area (Å²) in [6.45, 7) is 13.5. The van der Waals surface area contributed by atoms with Gasteiger partial charge in [0, 0.05) is 25.2 Å². The Morgan fingerprint density at radius 2 is 1.66 bits per heavy atom. The van der Waals surface area contributed by atoms with Crippen LogP contribution in [0.15, 0.2) is 24.3 Å². The molecule has 1 aromatic heterocycles. The van der Waals surface area contributed by atoms with Crippen molar-refractivity contribution in [1.29, 1.82) is 5.26 Å². The number of aromatic nitrogens is 1. The zero-order valence-electron chi connectivity index (χ0n) is 22.8. The van der Waals surface area contributed by atoms with Crippen molar-refractivity contribution >= 4 is 11.9 Å². The van der Waals surface area contributed by atoms with E-state index in [4.69, 9.17) is 11.5 Å². The van der Waals surface area contributed by atoms with E-state index in [0.717, 1.165) is 18.0 Å². The molecule has 0 aromatic carbocycles. The topological polar surface area (TPSA) is 118 Å². The van der Waals surface area contributed by atoms with Gasteiger partial charge in [-0.2, -0.15) is 5.26 Å². The number of carbonyl (C=O) groups is 2. The molecule has 1 fully saturated rings. The number of carbonyl (C=O) groups excluding carboxylic acids is 2. The van der Waals surface area contributed by atoms with E-state index in [2.05, 4.69) is 32.1 Å². The highest BCUT2D eigenvalue weighted by Crippen LogP contribution is 2.27. The van der Waals surface area contributed by atoms with Crippen LogP contribution in [0.5, 0.6) is 0 Å². The minimum absolute atomic E-state index is 0.193. The van der Waals surface area contributed by atoms with Gasteiger partial charge >= 0.3 is 6.03 Å². The van der Waals surface area contributed by atoms with Crippen LogP contribution < -0.4 is 11.5 Å². The predicted molar refractivity (Wildman–Crippen MR) is 145 cm³/mol. The number of nitrogens with two attached hydrogens (primary N) is 2. The Bertz CT molecular complexity index is 871. The van der Waals surface area contributed by atoms with Gasteiger partial charge in [-0.05, 0) is 26.2 Å². The molecule has 1 aliphatic carbocycles. The number of fused-ring (bicyclic) bond motifs is 1. The lowest BCUT2D eigenvalue weighted by atomic mass is 9.91. The summed E-state index contributed by atoms with van der Waals surface area (Å²) in [5.41, 5.74) is 12.5. The average Bonchev–Trinajstić information content (AvgIpc) is 3.18. The van der Waals surface area contributed by atoms with Gasteiger partial charge in [0.05, 0.1) is 23.4 Å². The van der Waals surface area contributed by atoms with Gasteiger partial charge in [-0.3, -0.25) is 4.79 Å². The first-order valence-electron chi connectivity index (χ1n) is 13.0. The molecule has 1 aliphatic heterocycles. The van der Waals surface area contributed by atoms with Crippen LogP contribution in [0.25, 0.3) is 0 Å². The maximum atomic E-state index is 11.7. The van der Waals surface area contributed by atoms with Crippen LogP contribution in [0.3, 0.4) is 0 Å². The molecule has 7 heteroatoms. The molecule has 1 aromatic rings. The van der Waals surface area contributed by atoms with Gasteiger partial charge in [0.1, 0.15) is 6.07 Å². The lowest BCUT2D eigenvalue weighted by molar-refractivity contribution is 0.0996. The summed E-state index contributed by atoms with van der Waals surface area (Å²) in [5.74, 6) is 0.377. The molecule has 0 saturated heterocycles. The summed E-state index contributed by atoms with van der Waals surface area (Å²) < 4.78 is 1.90. The second-order valence-electron chi connectivity index (χ2n) is 8.52. The Kier molecular flexibility index (Phi) is 16.8. The molecular formula is C28H47N5O2. The highest BCUT2D eigenvalue weighted by atomic mass is 16.2. The van der Waals surface area contributed by atoms with Crippen LogP contribution in [0.1, 0.15) is 107 Å². The molecule has 0 radical (unpaired) electrons. The van der Waals surface area contributed by atoms with E-state index in [1.54, 1.807) is 0 Å². The summed E-state index contributed by atoms with van der Waals surface area (Å²) in [4.78, 5) is 24.5. The molecule has 1 saturated carbocycles. The van der Waals surface area contributed by atoms with E-state index < -0.39 is 11.9 Å². The third-order valence-corrected chi connectivity index (χ3v) is 5.99. The lowest BCUT2D eigenvalue weighted by Crippen LogP contribution is -2.42. The van der Waals surface area contributed by atoms with Crippen LogP contribution in [-0.4, -0.2) is 28.0 Å². The Balaban J connectivity index is 0.000000675. The average molecular weight is 486 g/mol. The molecule has 0 spiro atoms. The number of hydrogen-bond acceptors (Lipinski definition) is 3. The molecule has 0 atom stereocenters. The van der Waals surface area contributed by atoms with Gasteiger partial charge in [0.15, 0.2) is 0 Å². The smallest absolute Gasteiger partial charge is 0.315 e. The molecule has 4 N–H and O–H groups in total. The number of urea groups is 1. The van der Waals surface area contributed by atoms with Crippen molar-refractivity contribution in [3.63, 3.8) is 0 Å². The summed E-state index contributed by atoms with van der Waals surface area (Å²) >= 11 is 0. The molecule has 0 unspecified atom stereocenters. The summed E-state index contributed by atoms with van der Waals surface area (Å²) in [5, 5.41) is 9.37. The first kappa shape index (κ1) is 32.0. The van der Waals surface area contributed by atoms with Gasteiger partial charge in [0.25, 0.3) is 5.91 Å². The number of amides is 3. The van der Waals surface area contributed by atoms with E-state index in [1.807, 2.05) is 44.4 Å². The van der Waals surface area contributed by atoms with Crippen LogP contribution >= 0.6 is 0 Å². The largest absolute Gasteiger partial charge is 0.366 e. The molecular weight excluding hydrogens is 438 g/mol. The SMILES string of the molecule is C/C=C\CC.C/C=C\Cc1c(C#N)c(C(N)=O)c2n1CCN(C(N)=O)C2.CC.CC1CCCCC1. The van der Waals surface area contributed by atoms with Crippen LogP contribution in [0.4, 0.5) is 4.79 Å². The minimum atomic E-state index is -0.659. The fourth-order valence-electron chi connectivity index (χ4n) is 4.19. The van der Waals surface area contributed by atoms with E-state index in [-0.39, 0.29) is 12.1 Å². The molecule has 7 nitrogen and oxygen atoms in total. The van der Waals surface area contributed by atoms with Crippen LogP contribution in [0.2, 0.25) is 0 Å². The number of allylic oxidation sites excluding steroid dienone is 4. The number of nitrogens with zero attached hydrogens (tertiary/aromatic N) is 3. The van der Waals surface area contributed by atoms with Crippen molar-refractivity contribution in [2.75, 3.05) is 6.54 Å². The van der Waals surface area contributed by atoms with Gasteiger partial charge in [0.2, 0.25) is 0 Å². The van der Waals surface area contributed by atoms with Crippen molar-refractivity contribution < 1.29 is 9.59 Å². The molecule has 2 heterocycles. The highest BCUT2D eigenvalue weighted by Gasteiger charge is 2.30. The first-order valence-corrected chi connectivity index (χ1v) is 13.0. The van der Waals surface area contributed by atoms with Crippen molar-refractivity contribution in [2.45, 2.75) is 99.6 Å². The number of primary amides is 2. The standard InChI is InChI=1S/C14H17N5O2.C7H14.C5H10.C2H6/c1-2-3-4-10-9(7-15)12(13(16)20)11-8-18(14(17)21)5-6-19(10)11;1-7-5-3-2-4-6-7;1-3-5-4-2;1-2/h2-3H,4-6,8H2,1H3,(H2,16,20)(H2,17,21);7H,2-6H2,1H3;3,5H,4H2,1-2H3;1-2H3/b3-2-;;5-3-;. The molecule has 35 heavy (non-hydrogen) atoms. The lowest BCUT2D eigenvalue weighted by Gasteiger charge is -2.28. The highest BCUT2D eigenvalue weighted by molar-refractivity contribution is 5.97. The number of nitriles is 1. The quantitative estimate of drug-likeness (QED) is 0.505. The number of hydrogen-bond donors (Lipinski definition) is 2. The van der Waals surface area contributed by atoms with Crippen LogP contribution in [-0.2, 0) is 19.5 Å². The van der Waals surface area contributed by atoms with Gasteiger partial charge in [-0.15, -0.1) is 0 Å². The molecule has 0 bridgehead atoms. The Morgan fingerprint density at radius 3 is 2.03 bits per heavy atom. The molecule has 2 aliphatic rings. The van der Waals surface area contributed by atoms with E-state index in [1.165, 1.54) is 37.0 Å². The first-order chi connectivity index (χ1) is 16.8. The summed E-state index contributed by atoms with van der Waals surface area (Å²) in [6.07, 6.45) is 17.1. The monoisotopic (exact) mass is 485 g/mol. The van der Waals surface area contributed by atoms with E-state index in [9.17, 15) is 14.9 Å². The zero-order chi connectivity index (χ0) is 26.8. The Hall–Kier alpha value is -3.01. The molecule has 196 valence electrons. The third kappa shape index (κ3) is 10.4. The normalized spacial score (nSPS) is 15.1. The van der Waals surface area contributed by atoms with Crippen molar-refractivity contribution in [3.8, 4) is 6.07 Å². The van der Waals surface area contributed by atoms with Gasteiger partial charge < -0.3 is 20.9 Å². The van der Waals surface area contributed by atoms with Crippen molar-refractivity contribution in [1.82, 2.24) is 9.47 Å². The predicted octanol–water partition coefficient (Wildman–Crippen LogP) is 6.06. The molecule has 3 rings (SSSR count). The maximum absolute atomic E-state index is 11.7. The maximum Gasteiger partial charge on any atom is 0.315 e. The fourth-order valence-corrected chi connectivity index (χ4v) is 4.19. The summed E-state index contributed by atoms with van der Waals surface area (Å²) in [7, 11) is 0. The Labute approximate surface area is 212 Å². The van der Waals surface area contributed by atoms with Gasteiger partial charge in [-0.1, -0.05) is 84.1 Å². The zero-order valence-corrected chi connectivity index (χ0v) is 22.8. The van der Waals surface area contributed by atoms with Gasteiger partial charge in [-0.25, -0.2) is 4.79 Å². The second kappa shape index (κ2) is 18.3. The fraction of sp³-hybridized carbons (Fsp3) is 0.607. The van der Waals surface area contributed by atoms with E-state index >= 15 is 0 Å². The third-order valence-electron chi connectivity index (χ3n) is 5.99. The van der Waals surface area contributed by atoms with Crippen molar-refractivity contribution in [2.24, 2.45) is 17.4 Å². The van der Waals surface area contributed by atoms with Crippen LogP contribution in [0, 0.1) is 17.2 Å². The number of rotatable bonds is 4. The second-order valence-corrected chi connectivity index (χ2v) is 8.52. The minimum Gasteiger partial charge on any atom is -0.366 e. The van der Waals surface area contributed by atoms with E-state index in [0.29, 0.717) is 30.8 Å². The summed E-state index contributed by atoms with van der Waals surface area (Å²) in [6, 6.07) is 1.52.